The van der Waals surface area contributed by atoms with E-state index in [9.17, 15) is 0 Å². The SMILES string of the molecule is CCNC(CC)c1snnc1C. The van der Waals surface area contributed by atoms with Gasteiger partial charge in [0.1, 0.15) is 0 Å². The summed E-state index contributed by atoms with van der Waals surface area (Å²) in [5.41, 5.74) is 1.06. The highest BCUT2D eigenvalue weighted by Gasteiger charge is 2.13. The minimum absolute atomic E-state index is 0.440. The zero-order valence-electron chi connectivity index (χ0n) is 7.79. The van der Waals surface area contributed by atoms with E-state index >= 15 is 0 Å². The lowest BCUT2D eigenvalue weighted by molar-refractivity contribution is 0.542. The molecule has 0 radical (unpaired) electrons. The Kier molecular flexibility index (Phi) is 3.62. The fraction of sp³-hybridized carbons (Fsp3) is 0.750. The number of aryl methyl sites for hydroxylation is 1. The average Bonchev–Trinajstić information content (AvgIpc) is 2.47. The van der Waals surface area contributed by atoms with Gasteiger partial charge in [0.15, 0.2) is 0 Å². The normalized spacial score (nSPS) is 13.2. The third kappa shape index (κ3) is 2.01. The molecule has 1 N–H and O–H groups in total. The molecule has 0 amide bonds. The number of hydrogen-bond acceptors (Lipinski definition) is 4. The third-order valence-corrected chi connectivity index (χ3v) is 2.80. The summed E-state index contributed by atoms with van der Waals surface area (Å²) in [7, 11) is 0. The van der Waals surface area contributed by atoms with E-state index in [1.54, 1.807) is 0 Å². The van der Waals surface area contributed by atoms with Crippen molar-refractivity contribution in [2.75, 3.05) is 6.54 Å². The van der Waals surface area contributed by atoms with Crippen molar-refractivity contribution >= 4 is 11.5 Å². The molecule has 0 spiro atoms. The lowest BCUT2D eigenvalue weighted by Crippen LogP contribution is -2.19. The van der Waals surface area contributed by atoms with Gasteiger partial charge in [-0.1, -0.05) is 18.3 Å². The molecule has 0 aliphatic heterocycles. The quantitative estimate of drug-likeness (QED) is 0.778. The van der Waals surface area contributed by atoms with Crippen LogP contribution in [0.25, 0.3) is 0 Å². The largest absolute Gasteiger partial charge is 0.309 e. The van der Waals surface area contributed by atoms with Crippen molar-refractivity contribution in [1.82, 2.24) is 14.9 Å². The molecule has 1 unspecified atom stereocenters. The van der Waals surface area contributed by atoms with E-state index in [2.05, 4.69) is 28.8 Å². The Morgan fingerprint density at radius 1 is 1.50 bits per heavy atom. The zero-order valence-corrected chi connectivity index (χ0v) is 8.61. The third-order valence-electron chi connectivity index (χ3n) is 1.86. The second-order valence-electron chi connectivity index (χ2n) is 2.74. The highest BCUT2D eigenvalue weighted by Crippen LogP contribution is 2.21. The van der Waals surface area contributed by atoms with Crippen LogP contribution < -0.4 is 5.32 Å². The Morgan fingerprint density at radius 3 is 2.67 bits per heavy atom. The van der Waals surface area contributed by atoms with Crippen LogP contribution in [-0.4, -0.2) is 16.1 Å². The van der Waals surface area contributed by atoms with Crippen LogP contribution in [0.4, 0.5) is 0 Å². The highest BCUT2D eigenvalue weighted by atomic mass is 32.1. The topological polar surface area (TPSA) is 37.8 Å². The van der Waals surface area contributed by atoms with Crippen LogP contribution in [-0.2, 0) is 0 Å². The maximum Gasteiger partial charge on any atom is 0.0772 e. The predicted molar refractivity (Wildman–Crippen MR) is 51.4 cm³/mol. The first kappa shape index (κ1) is 9.61. The Morgan fingerprint density at radius 2 is 2.25 bits per heavy atom. The van der Waals surface area contributed by atoms with Gasteiger partial charge >= 0.3 is 0 Å². The lowest BCUT2D eigenvalue weighted by atomic mass is 10.1. The van der Waals surface area contributed by atoms with Crippen molar-refractivity contribution in [3.8, 4) is 0 Å². The van der Waals surface area contributed by atoms with Crippen molar-refractivity contribution in [3.63, 3.8) is 0 Å². The Bertz CT molecular complexity index is 234. The summed E-state index contributed by atoms with van der Waals surface area (Å²) in [5.74, 6) is 0. The average molecular weight is 185 g/mol. The Balaban J connectivity index is 2.72. The van der Waals surface area contributed by atoms with Gasteiger partial charge in [0, 0.05) is 6.04 Å². The minimum Gasteiger partial charge on any atom is -0.309 e. The summed E-state index contributed by atoms with van der Waals surface area (Å²) in [6.07, 6.45) is 1.10. The molecule has 1 heterocycles. The van der Waals surface area contributed by atoms with Crippen LogP contribution in [0.5, 0.6) is 0 Å². The molecule has 12 heavy (non-hydrogen) atoms. The van der Waals surface area contributed by atoms with Crippen LogP contribution in [0.3, 0.4) is 0 Å². The van der Waals surface area contributed by atoms with Gasteiger partial charge in [-0.25, -0.2) is 0 Å². The molecule has 0 fully saturated rings. The molecule has 1 atom stereocenters. The smallest absolute Gasteiger partial charge is 0.0772 e. The summed E-state index contributed by atoms with van der Waals surface area (Å²) in [6, 6.07) is 0.440. The molecule has 68 valence electrons. The molecule has 4 heteroatoms. The van der Waals surface area contributed by atoms with Gasteiger partial charge in [0.25, 0.3) is 0 Å². The van der Waals surface area contributed by atoms with Crippen LogP contribution in [0.2, 0.25) is 0 Å². The first-order valence-corrected chi connectivity index (χ1v) is 5.09. The summed E-state index contributed by atoms with van der Waals surface area (Å²) in [4.78, 5) is 1.28. The van der Waals surface area contributed by atoms with Gasteiger partial charge < -0.3 is 5.32 Å². The van der Waals surface area contributed by atoms with E-state index in [1.807, 2.05) is 6.92 Å². The maximum atomic E-state index is 4.00. The fourth-order valence-corrected chi connectivity index (χ4v) is 2.03. The first-order valence-electron chi connectivity index (χ1n) is 4.31. The van der Waals surface area contributed by atoms with E-state index in [0.717, 1.165) is 18.7 Å². The van der Waals surface area contributed by atoms with Crippen molar-refractivity contribution in [1.29, 1.82) is 0 Å². The molecule has 0 aliphatic carbocycles. The highest BCUT2D eigenvalue weighted by molar-refractivity contribution is 7.05. The lowest BCUT2D eigenvalue weighted by Gasteiger charge is -2.13. The molecule has 1 rings (SSSR count). The number of nitrogens with zero attached hydrogens (tertiary/aromatic N) is 2. The summed E-state index contributed by atoms with van der Waals surface area (Å²) >= 11 is 1.50. The van der Waals surface area contributed by atoms with Gasteiger partial charge in [-0.3, -0.25) is 0 Å². The van der Waals surface area contributed by atoms with E-state index in [1.165, 1.54) is 16.4 Å². The molecule has 0 bridgehead atoms. The monoisotopic (exact) mass is 185 g/mol. The van der Waals surface area contributed by atoms with Gasteiger partial charge in [0.05, 0.1) is 10.6 Å². The summed E-state index contributed by atoms with van der Waals surface area (Å²) in [6.45, 7) is 7.30. The van der Waals surface area contributed by atoms with Crippen LogP contribution >= 0.6 is 11.5 Å². The standard InChI is InChI=1S/C8H15N3S/c1-4-7(9-5-2)8-6(3)10-11-12-8/h7,9H,4-5H2,1-3H3. The number of aromatic nitrogens is 2. The van der Waals surface area contributed by atoms with Gasteiger partial charge in [0.2, 0.25) is 0 Å². The number of nitrogens with one attached hydrogen (secondary N) is 1. The Hall–Kier alpha value is -0.480. The second kappa shape index (κ2) is 4.52. The van der Waals surface area contributed by atoms with Crippen molar-refractivity contribution in [2.45, 2.75) is 33.2 Å². The minimum atomic E-state index is 0.440. The van der Waals surface area contributed by atoms with Crippen molar-refractivity contribution < 1.29 is 0 Å². The fourth-order valence-electron chi connectivity index (χ4n) is 1.23. The van der Waals surface area contributed by atoms with Gasteiger partial charge in [-0.15, -0.1) is 5.10 Å². The molecule has 0 aromatic carbocycles. The van der Waals surface area contributed by atoms with Gasteiger partial charge in [-0.2, -0.15) is 0 Å². The first-order chi connectivity index (χ1) is 5.79. The number of hydrogen-bond donors (Lipinski definition) is 1. The molecular formula is C8H15N3S. The van der Waals surface area contributed by atoms with Gasteiger partial charge in [-0.05, 0) is 31.4 Å². The summed E-state index contributed by atoms with van der Waals surface area (Å²) in [5, 5.41) is 7.40. The molecule has 1 aromatic heterocycles. The molecule has 1 aromatic rings. The summed E-state index contributed by atoms with van der Waals surface area (Å²) < 4.78 is 3.92. The molecule has 0 saturated heterocycles. The van der Waals surface area contributed by atoms with Crippen molar-refractivity contribution in [2.24, 2.45) is 0 Å². The predicted octanol–water partition coefficient (Wildman–Crippen LogP) is 1.91. The van der Waals surface area contributed by atoms with Crippen LogP contribution in [0.1, 0.15) is 36.9 Å². The molecule has 3 nitrogen and oxygen atoms in total. The molecule has 0 saturated carbocycles. The van der Waals surface area contributed by atoms with E-state index in [-0.39, 0.29) is 0 Å². The zero-order chi connectivity index (χ0) is 8.97. The second-order valence-corrected chi connectivity index (χ2v) is 3.53. The van der Waals surface area contributed by atoms with E-state index < -0.39 is 0 Å². The van der Waals surface area contributed by atoms with E-state index in [0.29, 0.717) is 6.04 Å². The van der Waals surface area contributed by atoms with Crippen molar-refractivity contribution in [3.05, 3.63) is 10.6 Å². The molecular weight excluding hydrogens is 170 g/mol. The van der Waals surface area contributed by atoms with E-state index in [4.69, 9.17) is 0 Å². The Labute approximate surface area is 77.4 Å². The van der Waals surface area contributed by atoms with Crippen LogP contribution in [0, 0.1) is 6.92 Å². The van der Waals surface area contributed by atoms with Crippen LogP contribution in [0.15, 0.2) is 0 Å². The molecule has 0 aliphatic rings. The number of rotatable bonds is 4. The maximum absolute atomic E-state index is 4.00.